The van der Waals surface area contributed by atoms with E-state index < -0.39 is 41.3 Å². The second kappa shape index (κ2) is 17.6. The molecule has 1 aromatic heterocycles. The average Bonchev–Trinajstić information content (AvgIpc) is 3.69. The van der Waals surface area contributed by atoms with Gasteiger partial charge in [0.25, 0.3) is 0 Å². The number of unbranched alkanes of at least 4 members (excludes halogenated alkanes) is 2. The van der Waals surface area contributed by atoms with Crippen molar-refractivity contribution >= 4 is 40.7 Å². The van der Waals surface area contributed by atoms with Gasteiger partial charge in [0, 0.05) is 37.4 Å². The molecule has 1 aliphatic heterocycles. The van der Waals surface area contributed by atoms with Gasteiger partial charge in [-0.1, -0.05) is 45.0 Å². The zero-order chi connectivity index (χ0) is 36.4. The predicted octanol–water partition coefficient (Wildman–Crippen LogP) is 4.19. The number of amides is 4. The Labute approximate surface area is 298 Å². The van der Waals surface area contributed by atoms with Crippen molar-refractivity contribution in [3.8, 4) is 10.4 Å². The number of nitrogens with one attached hydrogen (secondary N) is 3. The van der Waals surface area contributed by atoms with Crippen molar-refractivity contribution in [2.45, 2.75) is 84.5 Å². The highest BCUT2D eigenvalue weighted by Crippen LogP contribution is 2.29. The van der Waals surface area contributed by atoms with Crippen LogP contribution in [0.3, 0.4) is 0 Å². The Balaban J connectivity index is 1.23. The number of carbonyl (C=O) groups is 4. The minimum Gasteiger partial charge on any atom is -0.391 e. The summed E-state index contributed by atoms with van der Waals surface area (Å²) in [6.07, 6.45) is 1.79. The zero-order valence-electron chi connectivity index (χ0n) is 29.5. The number of aryl methyl sites for hydroxylation is 1. The zero-order valence-corrected chi connectivity index (χ0v) is 30.3. The Morgan fingerprint density at radius 3 is 2.36 bits per heavy atom. The third-order valence-electron chi connectivity index (χ3n) is 8.76. The number of benzene rings is 2. The number of likely N-dealkylation sites (tertiary alicyclic amines) is 1. The Bertz CT molecular complexity index is 1600. The third-order valence-corrected chi connectivity index (χ3v) is 9.73. The molecule has 4 rings (SSSR count). The summed E-state index contributed by atoms with van der Waals surface area (Å²) in [5.74, 6) is -1.66. The molecule has 2 heterocycles. The highest BCUT2D eigenvalue weighted by atomic mass is 32.1. The van der Waals surface area contributed by atoms with Crippen molar-refractivity contribution in [1.29, 1.82) is 0 Å². The number of hydrogen-bond donors (Lipinski definition) is 5. The van der Waals surface area contributed by atoms with E-state index in [1.165, 1.54) is 4.90 Å². The van der Waals surface area contributed by atoms with Crippen LogP contribution < -0.4 is 21.7 Å². The highest BCUT2D eigenvalue weighted by Gasteiger charge is 2.44. The molecule has 13 heteroatoms. The molecule has 270 valence electrons. The number of carbonyl (C=O) groups excluding carboxylic acids is 4. The van der Waals surface area contributed by atoms with Gasteiger partial charge < -0.3 is 36.4 Å². The maximum atomic E-state index is 13.9. The standard InChI is InChI=1S/C37H50N6O6S/c1-23(25-9-11-26(12-10-25)32-24(2)40-22-50-32)41-35(47)30-19-29(44)20-43(30)36(48)33(37(3,4)5)42-31(45)21-49-18-8-6-7-17-39-28-15-13-27(14-16-28)34(38)46/h9-16,22-23,29-30,33,39,44H,6-8,17-21H2,1-5H3,(H2,38,46)(H,41,47)(H,42,45)/t23-,29-,30+,33+/m0/s1. The van der Waals surface area contributed by atoms with E-state index in [2.05, 4.69) is 20.9 Å². The molecular formula is C37H50N6O6S. The average molecular weight is 707 g/mol. The molecule has 3 aromatic rings. The summed E-state index contributed by atoms with van der Waals surface area (Å²) in [6, 6.07) is 12.8. The molecule has 0 radical (unpaired) electrons. The molecule has 0 bridgehead atoms. The Hall–Kier alpha value is -4.33. The molecule has 0 spiro atoms. The van der Waals surface area contributed by atoms with Crippen molar-refractivity contribution in [3.05, 3.63) is 70.9 Å². The fourth-order valence-corrected chi connectivity index (χ4v) is 6.69. The van der Waals surface area contributed by atoms with Gasteiger partial charge in [0.2, 0.25) is 23.6 Å². The highest BCUT2D eigenvalue weighted by molar-refractivity contribution is 7.13. The number of rotatable bonds is 16. The first kappa shape index (κ1) is 38.5. The lowest BCUT2D eigenvalue weighted by Gasteiger charge is -2.35. The topological polar surface area (TPSA) is 176 Å². The molecule has 1 aliphatic rings. The maximum Gasteiger partial charge on any atom is 0.248 e. The van der Waals surface area contributed by atoms with Gasteiger partial charge >= 0.3 is 0 Å². The van der Waals surface area contributed by atoms with Gasteiger partial charge in [-0.05, 0) is 73.9 Å². The van der Waals surface area contributed by atoms with Crippen LogP contribution in [-0.4, -0.2) is 83.1 Å². The van der Waals surface area contributed by atoms with Crippen molar-refractivity contribution in [1.82, 2.24) is 20.5 Å². The van der Waals surface area contributed by atoms with Crippen LogP contribution in [0.15, 0.2) is 54.0 Å². The fraction of sp³-hybridized carbons (Fsp3) is 0.486. The van der Waals surface area contributed by atoms with Crippen LogP contribution in [0.5, 0.6) is 0 Å². The minimum atomic E-state index is -0.928. The quantitative estimate of drug-likeness (QED) is 0.138. The summed E-state index contributed by atoms with van der Waals surface area (Å²) in [6.45, 7) is 10.3. The number of aromatic nitrogens is 1. The van der Waals surface area contributed by atoms with Crippen molar-refractivity contribution in [3.63, 3.8) is 0 Å². The molecule has 4 amide bonds. The second-order valence-electron chi connectivity index (χ2n) is 13.9. The molecule has 0 aliphatic carbocycles. The third kappa shape index (κ3) is 10.6. The molecule has 12 nitrogen and oxygen atoms in total. The number of primary amides is 1. The molecule has 50 heavy (non-hydrogen) atoms. The summed E-state index contributed by atoms with van der Waals surface area (Å²) < 4.78 is 5.60. The van der Waals surface area contributed by atoms with Crippen molar-refractivity contribution in [2.24, 2.45) is 11.1 Å². The smallest absolute Gasteiger partial charge is 0.248 e. The van der Waals surface area contributed by atoms with E-state index >= 15 is 0 Å². The first-order chi connectivity index (χ1) is 23.7. The number of aliphatic hydroxyl groups excluding tert-OH is 1. The summed E-state index contributed by atoms with van der Waals surface area (Å²) in [5.41, 5.74) is 10.7. The normalized spacial score (nSPS) is 17.2. The number of thiazole rings is 1. The van der Waals surface area contributed by atoms with Gasteiger partial charge in [-0.25, -0.2) is 4.98 Å². The summed E-state index contributed by atoms with van der Waals surface area (Å²) in [5, 5.41) is 19.7. The molecule has 0 unspecified atom stereocenters. The van der Waals surface area contributed by atoms with Crippen molar-refractivity contribution < 1.29 is 29.0 Å². The van der Waals surface area contributed by atoms with E-state index in [4.69, 9.17) is 10.5 Å². The van der Waals surface area contributed by atoms with Crippen LogP contribution in [-0.2, 0) is 19.1 Å². The van der Waals surface area contributed by atoms with Gasteiger partial charge in [0.1, 0.15) is 18.7 Å². The molecule has 4 atom stereocenters. The molecular weight excluding hydrogens is 657 g/mol. The van der Waals surface area contributed by atoms with Gasteiger partial charge in [0.05, 0.1) is 28.2 Å². The van der Waals surface area contributed by atoms with Crippen molar-refractivity contribution in [2.75, 3.05) is 31.6 Å². The molecule has 1 saturated heterocycles. The van der Waals surface area contributed by atoms with Crippen LogP contribution in [0, 0.1) is 12.3 Å². The van der Waals surface area contributed by atoms with Crippen LogP contribution in [0.25, 0.3) is 10.4 Å². The van der Waals surface area contributed by atoms with E-state index in [0.717, 1.165) is 53.2 Å². The first-order valence-corrected chi connectivity index (χ1v) is 17.9. The fourth-order valence-electron chi connectivity index (χ4n) is 5.87. The van der Waals surface area contributed by atoms with E-state index in [9.17, 15) is 24.3 Å². The molecule has 0 saturated carbocycles. The number of anilines is 1. The van der Waals surface area contributed by atoms with Gasteiger partial charge in [-0.3, -0.25) is 19.2 Å². The van der Waals surface area contributed by atoms with Crippen LogP contribution >= 0.6 is 11.3 Å². The number of β-amino-alcohol motifs (C(OH)–C–C–N with tert-alkyl or cyclic N) is 1. The predicted molar refractivity (Wildman–Crippen MR) is 194 cm³/mol. The minimum absolute atomic E-state index is 0.000684. The monoisotopic (exact) mass is 706 g/mol. The summed E-state index contributed by atoms with van der Waals surface area (Å²) >= 11 is 1.58. The Morgan fingerprint density at radius 1 is 1.04 bits per heavy atom. The lowest BCUT2D eigenvalue weighted by Crippen LogP contribution is -2.58. The van der Waals surface area contributed by atoms with E-state index in [1.54, 1.807) is 23.5 Å². The Kier molecular flexibility index (Phi) is 13.5. The lowest BCUT2D eigenvalue weighted by atomic mass is 9.85. The van der Waals surface area contributed by atoms with Gasteiger partial charge in [0.15, 0.2) is 0 Å². The Morgan fingerprint density at radius 2 is 1.74 bits per heavy atom. The molecule has 1 fully saturated rings. The molecule has 2 aromatic carbocycles. The molecule has 6 N–H and O–H groups in total. The van der Waals surface area contributed by atoms with Gasteiger partial charge in [-0.2, -0.15) is 0 Å². The number of hydrogen-bond acceptors (Lipinski definition) is 9. The van der Waals surface area contributed by atoms with Crippen LogP contribution in [0.2, 0.25) is 0 Å². The number of nitrogens with zero attached hydrogens (tertiary/aromatic N) is 2. The number of aliphatic hydroxyl groups is 1. The lowest BCUT2D eigenvalue weighted by molar-refractivity contribution is -0.144. The number of ether oxygens (including phenoxy) is 1. The second-order valence-corrected chi connectivity index (χ2v) is 14.7. The summed E-state index contributed by atoms with van der Waals surface area (Å²) in [4.78, 5) is 58.3. The van der Waals surface area contributed by atoms with E-state index in [0.29, 0.717) is 12.2 Å². The largest absolute Gasteiger partial charge is 0.391 e. The van der Waals surface area contributed by atoms with Crippen LogP contribution in [0.1, 0.15) is 81.0 Å². The SMILES string of the molecule is Cc1ncsc1-c1ccc([C@H](C)NC(=O)[C@H]2C[C@H](O)CN2C(=O)[C@@H](NC(=O)COCCCCCNc2ccc(C(N)=O)cc2)C(C)(C)C)cc1. The summed E-state index contributed by atoms with van der Waals surface area (Å²) in [7, 11) is 0. The number of nitrogens with two attached hydrogens (primary N) is 1. The first-order valence-electron chi connectivity index (χ1n) is 17.0. The maximum absolute atomic E-state index is 13.9. The van der Waals surface area contributed by atoms with E-state index in [-0.39, 0.29) is 31.5 Å². The van der Waals surface area contributed by atoms with E-state index in [1.807, 2.05) is 76.5 Å². The van der Waals surface area contributed by atoms with Crippen LogP contribution in [0.4, 0.5) is 5.69 Å². The van der Waals surface area contributed by atoms with Gasteiger partial charge in [-0.15, -0.1) is 11.3 Å².